The van der Waals surface area contributed by atoms with Crippen LogP contribution in [0.2, 0.25) is 0 Å². The van der Waals surface area contributed by atoms with Gasteiger partial charge >= 0.3 is 0 Å². The molecule has 0 atom stereocenters. The zero-order valence-electron chi connectivity index (χ0n) is 8.98. The molecule has 86 valence electrons. The first-order valence-electron chi connectivity index (χ1n) is 5.09. The minimum absolute atomic E-state index is 0.147. The molecule has 0 radical (unpaired) electrons. The predicted octanol–water partition coefficient (Wildman–Crippen LogP) is 2.29. The lowest BCUT2D eigenvalue weighted by molar-refractivity contribution is 0.296. The Kier molecular flexibility index (Phi) is 5.49. The van der Waals surface area contributed by atoms with Gasteiger partial charge in [0.2, 0.25) is 5.13 Å². The molecule has 0 bridgehead atoms. The van der Waals surface area contributed by atoms with Crippen LogP contribution in [0.1, 0.15) is 26.7 Å². The second-order valence-electron chi connectivity index (χ2n) is 3.22. The van der Waals surface area contributed by atoms with E-state index in [1.54, 1.807) is 0 Å². The van der Waals surface area contributed by atoms with Gasteiger partial charge in [-0.1, -0.05) is 25.2 Å². The molecule has 1 rings (SSSR count). The summed E-state index contributed by atoms with van der Waals surface area (Å²) in [4.78, 5) is 2.13. The van der Waals surface area contributed by atoms with Crippen LogP contribution in [0.5, 0.6) is 0 Å². The smallest absolute Gasteiger partial charge is 0.209 e. The summed E-state index contributed by atoms with van der Waals surface area (Å²) in [6, 6.07) is 0.428. The number of aliphatic hydroxyl groups is 1. The summed E-state index contributed by atoms with van der Waals surface area (Å²) in [5, 5.41) is 17.9. The minimum atomic E-state index is 0.147. The van der Waals surface area contributed by atoms with Crippen LogP contribution in [0.4, 0.5) is 5.13 Å². The maximum atomic E-state index is 9.05. The van der Waals surface area contributed by atoms with Crippen molar-refractivity contribution in [1.29, 1.82) is 0 Å². The highest BCUT2D eigenvalue weighted by Crippen LogP contribution is 2.26. The van der Waals surface area contributed by atoms with Crippen molar-refractivity contribution < 1.29 is 5.11 Å². The molecule has 1 aromatic rings. The SMILES string of the molecule is CCC(CC)N(CCO)c1nnc(Br)s1. The number of hydrogen-bond donors (Lipinski definition) is 1. The lowest BCUT2D eigenvalue weighted by Crippen LogP contribution is -2.36. The van der Waals surface area contributed by atoms with E-state index in [1.807, 2.05) is 0 Å². The first-order chi connectivity index (χ1) is 7.22. The maximum absolute atomic E-state index is 9.05. The molecule has 6 heteroatoms. The van der Waals surface area contributed by atoms with E-state index in [9.17, 15) is 0 Å². The topological polar surface area (TPSA) is 49.2 Å². The molecule has 15 heavy (non-hydrogen) atoms. The van der Waals surface area contributed by atoms with E-state index in [0.29, 0.717) is 12.6 Å². The van der Waals surface area contributed by atoms with Crippen molar-refractivity contribution in [1.82, 2.24) is 10.2 Å². The van der Waals surface area contributed by atoms with Gasteiger partial charge in [-0.05, 0) is 28.8 Å². The van der Waals surface area contributed by atoms with Gasteiger partial charge in [0.15, 0.2) is 3.92 Å². The van der Waals surface area contributed by atoms with Gasteiger partial charge in [-0.3, -0.25) is 0 Å². The largest absolute Gasteiger partial charge is 0.395 e. The van der Waals surface area contributed by atoms with Crippen molar-refractivity contribution in [2.45, 2.75) is 32.7 Å². The van der Waals surface area contributed by atoms with Crippen molar-refractivity contribution in [2.24, 2.45) is 0 Å². The number of hydrogen-bond acceptors (Lipinski definition) is 5. The van der Waals surface area contributed by atoms with Gasteiger partial charge in [-0.2, -0.15) is 0 Å². The molecule has 0 aromatic carbocycles. The summed E-state index contributed by atoms with van der Waals surface area (Å²) in [5.74, 6) is 0. The Morgan fingerprint density at radius 2 is 2.07 bits per heavy atom. The Bertz CT molecular complexity index is 291. The highest BCUT2D eigenvalue weighted by atomic mass is 79.9. The second kappa shape index (κ2) is 6.40. The van der Waals surface area contributed by atoms with Crippen LogP contribution in [-0.2, 0) is 0 Å². The Morgan fingerprint density at radius 3 is 2.47 bits per heavy atom. The van der Waals surface area contributed by atoms with Gasteiger partial charge in [-0.25, -0.2) is 0 Å². The maximum Gasteiger partial charge on any atom is 0.209 e. The van der Waals surface area contributed by atoms with Crippen LogP contribution in [0.3, 0.4) is 0 Å². The predicted molar refractivity (Wildman–Crippen MR) is 66.4 cm³/mol. The summed E-state index contributed by atoms with van der Waals surface area (Å²) in [7, 11) is 0. The fourth-order valence-electron chi connectivity index (χ4n) is 1.59. The van der Waals surface area contributed by atoms with Crippen LogP contribution >= 0.6 is 27.3 Å². The van der Waals surface area contributed by atoms with Gasteiger partial charge in [0.05, 0.1) is 6.61 Å². The Labute approximate surface area is 102 Å². The lowest BCUT2D eigenvalue weighted by Gasteiger charge is -2.28. The van der Waals surface area contributed by atoms with Gasteiger partial charge < -0.3 is 10.0 Å². The van der Waals surface area contributed by atoms with Crippen molar-refractivity contribution in [2.75, 3.05) is 18.1 Å². The number of anilines is 1. The van der Waals surface area contributed by atoms with Crippen LogP contribution in [0.25, 0.3) is 0 Å². The van der Waals surface area contributed by atoms with Crippen LogP contribution < -0.4 is 4.90 Å². The highest BCUT2D eigenvalue weighted by Gasteiger charge is 2.18. The second-order valence-corrected chi connectivity index (χ2v) is 5.46. The van der Waals surface area contributed by atoms with E-state index < -0.39 is 0 Å². The summed E-state index contributed by atoms with van der Waals surface area (Å²) < 4.78 is 0.784. The van der Waals surface area contributed by atoms with Crippen LogP contribution in [0.15, 0.2) is 3.92 Å². The molecule has 0 saturated carbocycles. The number of aliphatic hydroxyl groups excluding tert-OH is 1. The molecule has 0 aliphatic heterocycles. The van der Waals surface area contributed by atoms with Gasteiger partial charge in [-0.15, -0.1) is 10.2 Å². The Hall–Kier alpha value is -0.200. The number of rotatable bonds is 6. The van der Waals surface area contributed by atoms with E-state index in [0.717, 1.165) is 21.9 Å². The summed E-state index contributed by atoms with van der Waals surface area (Å²) in [5.41, 5.74) is 0. The van der Waals surface area contributed by atoms with Gasteiger partial charge in [0, 0.05) is 12.6 Å². The number of halogens is 1. The van der Waals surface area contributed by atoms with Gasteiger partial charge in [0.25, 0.3) is 0 Å². The molecule has 1 N–H and O–H groups in total. The molecule has 1 heterocycles. The fraction of sp³-hybridized carbons (Fsp3) is 0.778. The molecular weight excluding hydrogens is 278 g/mol. The zero-order valence-corrected chi connectivity index (χ0v) is 11.4. The third kappa shape index (κ3) is 3.39. The molecule has 0 spiro atoms. The Morgan fingerprint density at radius 1 is 1.40 bits per heavy atom. The van der Waals surface area contributed by atoms with Crippen molar-refractivity contribution in [3.8, 4) is 0 Å². The van der Waals surface area contributed by atoms with E-state index >= 15 is 0 Å². The molecule has 0 saturated heterocycles. The van der Waals surface area contributed by atoms with Crippen LogP contribution in [0, 0.1) is 0 Å². The summed E-state index contributed by atoms with van der Waals surface area (Å²) in [6.07, 6.45) is 2.10. The monoisotopic (exact) mass is 293 g/mol. The molecular formula is C9H16BrN3OS. The third-order valence-corrected chi connectivity index (χ3v) is 3.75. The first kappa shape index (κ1) is 12.9. The summed E-state index contributed by atoms with van der Waals surface area (Å²) in [6.45, 7) is 5.06. The van der Waals surface area contributed by atoms with Gasteiger partial charge in [0.1, 0.15) is 0 Å². The molecule has 0 aliphatic rings. The van der Waals surface area contributed by atoms with E-state index in [4.69, 9.17) is 5.11 Å². The third-order valence-electron chi connectivity index (χ3n) is 2.36. The molecule has 0 fully saturated rings. The summed E-state index contributed by atoms with van der Waals surface area (Å²) >= 11 is 4.80. The first-order valence-corrected chi connectivity index (χ1v) is 6.70. The normalized spacial score (nSPS) is 11.0. The number of aromatic nitrogens is 2. The van der Waals surface area contributed by atoms with Crippen molar-refractivity contribution in [3.05, 3.63) is 3.92 Å². The lowest BCUT2D eigenvalue weighted by atomic mass is 10.1. The Balaban J connectivity index is 2.81. The van der Waals surface area contributed by atoms with E-state index in [2.05, 4.69) is 44.9 Å². The fourth-order valence-corrected chi connectivity index (χ4v) is 2.77. The van der Waals surface area contributed by atoms with Crippen molar-refractivity contribution >= 4 is 32.4 Å². The molecule has 1 aromatic heterocycles. The van der Waals surface area contributed by atoms with Crippen LogP contribution in [-0.4, -0.2) is 34.5 Å². The average molecular weight is 294 g/mol. The minimum Gasteiger partial charge on any atom is -0.395 e. The zero-order chi connectivity index (χ0) is 11.3. The molecule has 0 amide bonds. The van der Waals surface area contributed by atoms with Crippen molar-refractivity contribution in [3.63, 3.8) is 0 Å². The average Bonchev–Trinajstić information content (AvgIpc) is 2.65. The van der Waals surface area contributed by atoms with E-state index in [1.165, 1.54) is 11.3 Å². The highest BCUT2D eigenvalue weighted by molar-refractivity contribution is 9.11. The standard InChI is InChI=1S/C9H16BrN3OS/c1-3-7(4-2)13(5-6-14)9-12-11-8(10)15-9/h7,14H,3-6H2,1-2H3. The molecule has 0 unspecified atom stereocenters. The quantitative estimate of drug-likeness (QED) is 0.874. The molecule has 4 nitrogen and oxygen atoms in total. The number of nitrogens with zero attached hydrogens (tertiary/aromatic N) is 3. The van der Waals surface area contributed by atoms with E-state index in [-0.39, 0.29) is 6.61 Å². The molecule has 0 aliphatic carbocycles.